The van der Waals surface area contributed by atoms with Crippen LogP contribution in [0, 0.1) is 0 Å². The van der Waals surface area contributed by atoms with Crippen molar-refractivity contribution in [2.75, 3.05) is 14.2 Å². The van der Waals surface area contributed by atoms with Crippen LogP contribution >= 0.6 is 11.3 Å². The van der Waals surface area contributed by atoms with Gasteiger partial charge in [0.2, 0.25) is 0 Å². The van der Waals surface area contributed by atoms with Crippen LogP contribution < -0.4 is 14.8 Å². The maximum Gasteiger partial charge on any atom is 0.261 e. The van der Waals surface area contributed by atoms with Crippen LogP contribution in [0.2, 0.25) is 0 Å². The minimum Gasteiger partial charge on any atom is -0.497 e. The lowest BCUT2D eigenvalue weighted by molar-refractivity contribution is 0.0955. The smallest absolute Gasteiger partial charge is 0.261 e. The summed E-state index contributed by atoms with van der Waals surface area (Å²) in [5, 5.41) is 2.88. The van der Waals surface area contributed by atoms with Gasteiger partial charge in [0.05, 0.1) is 29.7 Å². The monoisotopic (exact) mass is 429 g/mol. The third-order valence-electron chi connectivity index (χ3n) is 4.73. The van der Waals surface area contributed by atoms with E-state index in [0.29, 0.717) is 28.3 Å². The van der Waals surface area contributed by atoms with Crippen LogP contribution in [0.4, 0.5) is 0 Å². The number of amides is 1. The first-order valence-electron chi connectivity index (χ1n) is 8.86. The van der Waals surface area contributed by atoms with Gasteiger partial charge < -0.3 is 14.8 Å². The highest BCUT2D eigenvalue weighted by Gasteiger charge is 2.31. The lowest BCUT2D eigenvalue weighted by atomic mass is 10.1. The Morgan fingerprint density at radius 1 is 1.07 bits per heavy atom. The fourth-order valence-electron chi connectivity index (χ4n) is 3.29. The standard InChI is InChI=1S/C21H19NO5S2/c1-26-15-5-3-4-13(8-15)11-22-21(23)18-9-14-12-29(24,25)19-7-6-16(27-2)10-17(19)20(14)28-18/h3-10H,11-12H2,1-2H3,(H,22,23). The summed E-state index contributed by atoms with van der Waals surface area (Å²) in [5.41, 5.74) is 2.14. The van der Waals surface area contributed by atoms with E-state index >= 15 is 0 Å². The number of carbonyl (C=O) groups is 1. The first-order valence-corrected chi connectivity index (χ1v) is 11.3. The predicted molar refractivity (Wildman–Crippen MR) is 111 cm³/mol. The Morgan fingerprint density at radius 3 is 2.59 bits per heavy atom. The molecule has 1 aromatic heterocycles. The number of rotatable bonds is 5. The Hall–Kier alpha value is -2.84. The number of sulfone groups is 1. The molecule has 8 heteroatoms. The Morgan fingerprint density at radius 2 is 1.83 bits per heavy atom. The zero-order valence-electron chi connectivity index (χ0n) is 15.9. The summed E-state index contributed by atoms with van der Waals surface area (Å²) in [6.45, 7) is 0.349. The van der Waals surface area contributed by atoms with Crippen molar-refractivity contribution in [3.8, 4) is 21.9 Å². The molecule has 1 N–H and O–H groups in total. The van der Waals surface area contributed by atoms with Crippen LogP contribution in [0.3, 0.4) is 0 Å². The highest BCUT2D eigenvalue weighted by atomic mass is 32.2. The summed E-state index contributed by atoms with van der Waals surface area (Å²) in [6, 6.07) is 14.0. The van der Waals surface area contributed by atoms with Crippen LogP contribution in [0.25, 0.3) is 10.4 Å². The molecule has 6 nitrogen and oxygen atoms in total. The van der Waals surface area contributed by atoms with Crippen LogP contribution in [0.15, 0.2) is 53.4 Å². The molecular formula is C21H19NO5S2. The van der Waals surface area contributed by atoms with Crippen LogP contribution in [-0.4, -0.2) is 28.5 Å². The second-order valence-electron chi connectivity index (χ2n) is 6.62. The number of fused-ring (bicyclic) bond motifs is 3. The molecule has 0 aliphatic carbocycles. The Bertz CT molecular complexity index is 1200. The van der Waals surface area contributed by atoms with E-state index in [0.717, 1.165) is 16.2 Å². The number of hydrogen-bond donors (Lipinski definition) is 1. The Kier molecular flexibility index (Phi) is 5.06. The van der Waals surface area contributed by atoms with Gasteiger partial charge in [0.15, 0.2) is 9.84 Å². The van der Waals surface area contributed by atoms with Crippen molar-refractivity contribution in [2.24, 2.45) is 0 Å². The molecule has 0 spiro atoms. The van der Waals surface area contributed by atoms with E-state index in [1.54, 1.807) is 31.4 Å². The van der Waals surface area contributed by atoms with E-state index in [-0.39, 0.29) is 16.6 Å². The SMILES string of the molecule is COc1cccc(CNC(=O)c2cc3c(s2)-c2cc(OC)ccc2S(=O)(=O)C3)c1. The average Bonchev–Trinajstić information content (AvgIpc) is 3.15. The fraction of sp³-hybridized carbons (Fsp3) is 0.190. The number of benzene rings is 2. The first kappa shape index (κ1) is 19.5. The molecule has 0 atom stereocenters. The molecule has 150 valence electrons. The third kappa shape index (κ3) is 3.73. The van der Waals surface area contributed by atoms with Gasteiger partial charge in [-0.05, 0) is 47.5 Å². The van der Waals surface area contributed by atoms with Crippen LogP contribution in [-0.2, 0) is 22.1 Å². The summed E-state index contributed by atoms with van der Waals surface area (Å²) in [4.78, 5) is 14.2. The lowest BCUT2D eigenvalue weighted by Crippen LogP contribution is -2.21. The van der Waals surface area contributed by atoms with E-state index < -0.39 is 9.84 Å². The zero-order valence-corrected chi connectivity index (χ0v) is 17.5. The van der Waals surface area contributed by atoms with Gasteiger partial charge in [-0.3, -0.25) is 4.79 Å². The number of carbonyl (C=O) groups excluding carboxylic acids is 1. The molecule has 3 aromatic rings. The van der Waals surface area contributed by atoms with Crippen molar-refractivity contribution in [1.29, 1.82) is 0 Å². The zero-order chi connectivity index (χ0) is 20.6. The van der Waals surface area contributed by atoms with Crippen molar-refractivity contribution < 1.29 is 22.7 Å². The van der Waals surface area contributed by atoms with Crippen molar-refractivity contribution in [3.63, 3.8) is 0 Å². The van der Waals surface area contributed by atoms with Gasteiger partial charge in [-0.2, -0.15) is 0 Å². The topological polar surface area (TPSA) is 81.7 Å². The molecule has 1 amide bonds. The van der Waals surface area contributed by atoms with E-state index in [2.05, 4.69) is 5.32 Å². The molecule has 0 saturated heterocycles. The Balaban J connectivity index is 1.62. The van der Waals surface area contributed by atoms with Gasteiger partial charge in [-0.1, -0.05) is 12.1 Å². The van der Waals surface area contributed by atoms with Crippen molar-refractivity contribution in [3.05, 3.63) is 64.5 Å². The molecule has 0 bridgehead atoms. The number of nitrogens with one attached hydrogen (secondary N) is 1. The molecule has 4 rings (SSSR count). The van der Waals surface area contributed by atoms with Gasteiger partial charge in [0.25, 0.3) is 5.91 Å². The molecule has 0 radical (unpaired) electrons. The fourth-order valence-corrected chi connectivity index (χ4v) is 6.14. The first-order chi connectivity index (χ1) is 13.9. The summed E-state index contributed by atoms with van der Waals surface area (Å²) < 4.78 is 35.7. The van der Waals surface area contributed by atoms with Gasteiger partial charge in [-0.25, -0.2) is 8.42 Å². The van der Waals surface area contributed by atoms with Gasteiger partial charge in [0, 0.05) is 17.0 Å². The highest BCUT2D eigenvalue weighted by Crippen LogP contribution is 2.44. The molecule has 2 aromatic carbocycles. The van der Waals surface area contributed by atoms with Crippen molar-refractivity contribution in [1.82, 2.24) is 5.32 Å². The summed E-state index contributed by atoms with van der Waals surface area (Å²) >= 11 is 1.29. The van der Waals surface area contributed by atoms with Gasteiger partial charge in [0.1, 0.15) is 11.5 Å². The summed E-state index contributed by atoms with van der Waals surface area (Å²) in [5.74, 6) is 0.943. The number of methoxy groups -OCH3 is 2. The molecule has 1 aliphatic heterocycles. The largest absolute Gasteiger partial charge is 0.497 e. The molecular weight excluding hydrogens is 410 g/mol. The number of thiophene rings is 1. The van der Waals surface area contributed by atoms with Crippen LogP contribution in [0.5, 0.6) is 11.5 Å². The lowest BCUT2D eigenvalue weighted by Gasteiger charge is -2.17. The summed E-state index contributed by atoms with van der Waals surface area (Å²) in [7, 11) is -0.325. The van der Waals surface area contributed by atoms with Crippen molar-refractivity contribution >= 4 is 27.1 Å². The molecule has 29 heavy (non-hydrogen) atoms. The highest BCUT2D eigenvalue weighted by molar-refractivity contribution is 7.91. The average molecular weight is 430 g/mol. The summed E-state index contributed by atoms with van der Waals surface area (Å²) in [6.07, 6.45) is 0. The molecule has 0 unspecified atom stereocenters. The van der Waals surface area contributed by atoms with E-state index in [1.165, 1.54) is 18.4 Å². The third-order valence-corrected chi connectivity index (χ3v) is 7.66. The van der Waals surface area contributed by atoms with E-state index in [4.69, 9.17) is 9.47 Å². The normalized spacial score (nSPS) is 13.9. The molecule has 0 saturated carbocycles. The van der Waals surface area contributed by atoms with Crippen LogP contribution in [0.1, 0.15) is 20.8 Å². The second kappa shape index (κ2) is 7.53. The quantitative estimate of drug-likeness (QED) is 0.670. The second-order valence-corrected chi connectivity index (χ2v) is 9.63. The van der Waals surface area contributed by atoms with Crippen molar-refractivity contribution in [2.45, 2.75) is 17.2 Å². The molecule has 1 aliphatic rings. The molecule has 0 fully saturated rings. The predicted octanol–water partition coefficient (Wildman–Crippen LogP) is 3.65. The van der Waals surface area contributed by atoms with E-state index in [1.807, 2.05) is 24.3 Å². The van der Waals surface area contributed by atoms with Gasteiger partial charge >= 0.3 is 0 Å². The Labute approximate surface area is 173 Å². The maximum absolute atomic E-state index is 12.7. The molecule has 2 heterocycles. The van der Waals surface area contributed by atoms with Gasteiger partial charge in [-0.15, -0.1) is 11.3 Å². The minimum absolute atomic E-state index is 0.110. The maximum atomic E-state index is 12.7. The number of ether oxygens (including phenoxy) is 2. The minimum atomic E-state index is -3.45. The van der Waals surface area contributed by atoms with E-state index in [9.17, 15) is 13.2 Å². The number of hydrogen-bond acceptors (Lipinski definition) is 6.